The number of carbonyl (C=O) groups excluding carboxylic acids is 1. The second kappa shape index (κ2) is 9.89. The van der Waals surface area contributed by atoms with Crippen LogP contribution in [0.25, 0.3) is 0 Å². The largest absolute Gasteiger partial charge is 0.396 e. The van der Waals surface area contributed by atoms with Crippen LogP contribution in [0.15, 0.2) is 0 Å². The van der Waals surface area contributed by atoms with Crippen molar-refractivity contribution in [2.24, 2.45) is 0 Å². The fourth-order valence-electron chi connectivity index (χ4n) is 1.33. The average Bonchev–Trinajstić information content (AvgIpc) is 2.24. The van der Waals surface area contributed by atoms with Gasteiger partial charge in [0.05, 0.1) is 13.2 Å². The summed E-state index contributed by atoms with van der Waals surface area (Å²) in [5, 5.41) is 26.0. The van der Waals surface area contributed by atoms with E-state index in [1.54, 1.807) is 0 Å². The molecule has 0 spiro atoms. The SMILES string of the molecule is O=C(CCCCCO)N(CCO)CCO. The molecule has 0 heterocycles. The number of carbonyl (C=O) groups is 1. The van der Waals surface area contributed by atoms with Crippen LogP contribution in [0.5, 0.6) is 0 Å². The fraction of sp³-hybridized carbons (Fsp3) is 0.900. The minimum absolute atomic E-state index is 0.0453. The van der Waals surface area contributed by atoms with Crippen molar-refractivity contribution in [2.45, 2.75) is 25.7 Å². The van der Waals surface area contributed by atoms with Crippen molar-refractivity contribution in [3.8, 4) is 0 Å². The highest BCUT2D eigenvalue weighted by atomic mass is 16.3. The molecule has 15 heavy (non-hydrogen) atoms. The molecule has 0 aliphatic carbocycles. The van der Waals surface area contributed by atoms with Gasteiger partial charge in [-0.25, -0.2) is 0 Å². The number of hydrogen-bond donors (Lipinski definition) is 3. The normalized spacial score (nSPS) is 10.3. The smallest absolute Gasteiger partial charge is 0.222 e. The highest BCUT2D eigenvalue weighted by Gasteiger charge is 2.11. The number of aliphatic hydroxyl groups is 3. The van der Waals surface area contributed by atoms with E-state index in [9.17, 15) is 4.79 Å². The fourth-order valence-corrected chi connectivity index (χ4v) is 1.33. The van der Waals surface area contributed by atoms with Gasteiger partial charge in [-0.05, 0) is 12.8 Å². The third-order valence-electron chi connectivity index (χ3n) is 2.14. The first-order valence-corrected chi connectivity index (χ1v) is 5.36. The van der Waals surface area contributed by atoms with Gasteiger partial charge in [-0.2, -0.15) is 0 Å². The minimum Gasteiger partial charge on any atom is -0.396 e. The molecule has 1 amide bonds. The van der Waals surface area contributed by atoms with Gasteiger partial charge in [0, 0.05) is 26.1 Å². The monoisotopic (exact) mass is 219 g/mol. The van der Waals surface area contributed by atoms with E-state index in [1.165, 1.54) is 4.90 Å². The Bertz CT molecular complexity index is 158. The van der Waals surface area contributed by atoms with Gasteiger partial charge in [0.15, 0.2) is 0 Å². The molecule has 0 bridgehead atoms. The van der Waals surface area contributed by atoms with Crippen LogP contribution in [0.2, 0.25) is 0 Å². The first kappa shape index (κ1) is 14.3. The molecule has 5 nitrogen and oxygen atoms in total. The summed E-state index contributed by atoms with van der Waals surface area (Å²) in [6.07, 6.45) is 2.70. The van der Waals surface area contributed by atoms with Crippen LogP contribution in [0, 0.1) is 0 Å². The summed E-state index contributed by atoms with van der Waals surface area (Å²) in [6, 6.07) is 0. The molecule has 0 atom stereocenters. The summed E-state index contributed by atoms with van der Waals surface area (Å²) in [5.74, 6) is -0.0453. The Kier molecular flexibility index (Phi) is 9.46. The first-order valence-electron chi connectivity index (χ1n) is 5.36. The maximum absolute atomic E-state index is 11.5. The maximum atomic E-state index is 11.5. The van der Waals surface area contributed by atoms with E-state index in [0.29, 0.717) is 12.8 Å². The Morgan fingerprint density at radius 1 is 0.867 bits per heavy atom. The number of amides is 1. The average molecular weight is 219 g/mol. The lowest BCUT2D eigenvalue weighted by atomic mass is 10.2. The molecule has 0 aromatic carbocycles. The van der Waals surface area contributed by atoms with E-state index in [1.807, 2.05) is 0 Å². The third kappa shape index (κ3) is 7.30. The predicted octanol–water partition coefficient (Wildman–Crippen LogP) is -0.648. The zero-order chi connectivity index (χ0) is 11.5. The summed E-state index contributed by atoms with van der Waals surface area (Å²) in [4.78, 5) is 13.0. The van der Waals surface area contributed by atoms with Crippen LogP contribution < -0.4 is 0 Å². The van der Waals surface area contributed by atoms with Gasteiger partial charge < -0.3 is 20.2 Å². The third-order valence-corrected chi connectivity index (χ3v) is 2.14. The van der Waals surface area contributed by atoms with Crippen molar-refractivity contribution in [1.82, 2.24) is 4.90 Å². The number of hydrogen-bond acceptors (Lipinski definition) is 4. The molecule has 0 radical (unpaired) electrons. The van der Waals surface area contributed by atoms with Gasteiger partial charge in [-0.3, -0.25) is 4.79 Å². The summed E-state index contributed by atoms with van der Waals surface area (Å²) in [6.45, 7) is 0.550. The van der Waals surface area contributed by atoms with Gasteiger partial charge in [-0.15, -0.1) is 0 Å². The number of nitrogens with zero attached hydrogens (tertiary/aromatic N) is 1. The lowest BCUT2D eigenvalue weighted by molar-refractivity contribution is -0.132. The van der Waals surface area contributed by atoms with Crippen LogP contribution in [0.3, 0.4) is 0 Å². The maximum Gasteiger partial charge on any atom is 0.222 e. The number of unbranched alkanes of at least 4 members (excludes halogenated alkanes) is 2. The van der Waals surface area contributed by atoms with E-state index >= 15 is 0 Å². The van der Waals surface area contributed by atoms with Gasteiger partial charge in [0.1, 0.15) is 0 Å². The van der Waals surface area contributed by atoms with E-state index < -0.39 is 0 Å². The number of rotatable bonds is 9. The highest BCUT2D eigenvalue weighted by molar-refractivity contribution is 5.76. The second-order valence-corrected chi connectivity index (χ2v) is 3.36. The standard InChI is InChI=1S/C10H21NO4/c12-7-3-1-2-4-10(15)11(5-8-13)6-9-14/h12-14H,1-9H2. The molecule has 0 saturated heterocycles. The molecular weight excluding hydrogens is 198 g/mol. The van der Waals surface area contributed by atoms with Crippen molar-refractivity contribution >= 4 is 5.91 Å². The van der Waals surface area contributed by atoms with Gasteiger partial charge >= 0.3 is 0 Å². The van der Waals surface area contributed by atoms with E-state index in [2.05, 4.69) is 0 Å². The van der Waals surface area contributed by atoms with Gasteiger partial charge in [0.25, 0.3) is 0 Å². The summed E-state index contributed by atoms with van der Waals surface area (Å²) in [5.41, 5.74) is 0. The molecule has 0 rings (SSSR count). The zero-order valence-electron chi connectivity index (χ0n) is 9.06. The Morgan fingerprint density at radius 3 is 1.93 bits per heavy atom. The van der Waals surface area contributed by atoms with Crippen molar-refractivity contribution < 1.29 is 20.1 Å². The van der Waals surface area contributed by atoms with Crippen LogP contribution in [0.4, 0.5) is 0 Å². The molecule has 0 fully saturated rings. The Labute approximate surface area is 90.3 Å². The molecule has 0 aromatic rings. The molecule has 0 aliphatic rings. The highest BCUT2D eigenvalue weighted by Crippen LogP contribution is 2.03. The van der Waals surface area contributed by atoms with Crippen molar-refractivity contribution in [1.29, 1.82) is 0 Å². The van der Waals surface area contributed by atoms with Crippen LogP contribution in [-0.4, -0.2) is 59.0 Å². The molecule has 0 aromatic heterocycles. The molecule has 5 heteroatoms. The Morgan fingerprint density at radius 2 is 1.47 bits per heavy atom. The summed E-state index contributed by atoms with van der Waals surface area (Å²) >= 11 is 0. The molecular formula is C10H21NO4. The predicted molar refractivity (Wildman–Crippen MR) is 56.3 cm³/mol. The number of aliphatic hydroxyl groups excluding tert-OH is 3. The van der Waals surface area contributed by atoms with Crippen LogP contribution in [0.1, 0.15) is 25.7 Å². The van der Waals surface area contributed by atoms with Crippen LogP contribution >= 0.6 is 0 Å². The zero-order valence-corrected chi connectivity index (χ0v) is 9.06. The first-order chi connectivity index (χ1) is 7.26. The van der Waals surface area contributed by atoms with Crippen molar-refractivity contribution in [3.63, 3.8) is 0 Å². The van der Waals surface area contributed by atoms with Crippen molar-refractivity contribution in [2.75, 3.05) is 32.9 Å². The van der Waals surface area contributed by atoms with E-state index in [4.69, 9.17) is 15.3 Å². The molecule has 90 valence electrons. The van der Waals surface area contributed by atoms with Crippen LogP contribution in [-0.2, 0) is 4.79 Å². The summed E-state index contributed by atoms with van der Waals surface area (Å²) < 4.78 is 0. The molecule has 0 saturated carbocycles. The Hall–Kier alpha value is -0.650. The van der Waals surface area contributed by atoms with Gasteiger partial charge in [-0.1, -0.05) is 6.42 Å². The Balaban J connectivity index is 3.70. The molecule has 3 N–H and O–H groups in total. The van der Waals surface area contributed by atoms with Crippen molar-refractivity contribution in [3.05, 3.63) is 0 Å². The lowest BCUT2D eigenvalue weighted by Crippen LogP contribution is -2.35. The minimum atomic E-state index is -0.0810. The van der Waals surface area contributed by atoms with Gasteiger partial charge in [0.2, 0.25) is 5.91 Å². The van der Waals surface area contributed by atoms with E-state index in [0.717, 1.165) is 12.8 Å². The lowest BCUT2D eigenvalue weighted by Gasteiger charge is -2.20. The molecule has 0 unspecified atom stereocenters. The molecule has 0 aliphatic heterocycles. The topological polar surface area (TPSA) is 81.0 Å². The second-order valence-electron chi connectivity index (χ2n) is 3.36. The summed E-state index contributed by atoms with van der Waals surface area (Å²) in [7, 11) is 0. The quantitative estimate of drug-likeness (QED) is 0.450. The van der Waals surface area contributed by atoms with E-state index in [-0.39, 0.29) is 38.8 Å².